The lowest BCUT2D eigenvalue weighted by molar-refractivity contribution is 0.0745. The zero-order valence-electron chi connectivity index (χ0n) is 21.0. The van der Waals surface area contributed by atoms with Crippen molar-refractivity contribution in [2.24, 2.45) is 0 Å². The molecule has 0 radical (unpaired) electrons. The Morgan fingerprint density at radius 2 is 1.78 bits per heavy atom. The average Bonchev–Trinajstić information content (AvgIpc) is 3.46. The molecule has 0 aliphatic carbocycles. The highest BCUT2D eigenvalue weighted by molar-refractivity contribution is 6.00. The minimum atomic E-state index is -0.291. The van der Waals surface area contributed by atoms with Crippen LogP contribution in [0.25, 0.3) is 11.3 Å². The fourth-order valence-electron chi connectivity index (χ4n) is 4.79. The zero-order valence-corrected chi connectivity index (χ0v) is 21.0. The minimum absolute atomic E-state index is 0.0398. The number of carbonyl (C=O) groups is 1. The van der Waals surface area contributed by atoms with E-state index in [1.165, 1.54) is 11.1 Å². The molecular weight excluding hydrogens is 450 g/mol. The molecule has 0 fully saturated rings. The average molecular weight is 482 g/mol. The topological polar surface area (TPSA) is 67.5 Å². The highest BCUT2D eigenvalue weighted by atomic mass is 16.5. The quantitative estimate of drug-likeness (QED) is 0.320. The number of amides is 1. The molecule has 5 rings (SSSR count). The van der Waals surface area contributed by atoms with Crippen molar-refractivity contribution in [3.8, 4) is 22.8 Å². The Kier molecular flexibility index (Phi) is 6.76. The van der Waals surface area contributed by atoms with E-state index in [1.807, 2.05) is 41.3 Å². The van der Waals surface area contributed by atoms with Crippen LogP contribution in [0, 0.1) is 6.92 Å². The van der Waals surface area contributed by atoms with E-state index in [0.717, 1.165) is 35.2 Å². The van der Waals surface area contributed by atoms with Crippen molar-refractivity contribution in [3.63, 3.8) is 0 Å². The Labute approximate surface area is 211 Å². The van der Waals surface area contributed by atoms with E-state index in [-0.39, 0.29) is 11.9 Å². The van der Waals surface area contributed by atoms with Gasteiger partial charge in [-0.25, -0.2) is 0 Å². The largest absolute Gasteiger partial charge is 0.493 e. The van der Waals surface area contributed by atoms with Gasteiger partial charge >= 0.3 is 0 Å². The number of fused-ring (bicyclic) bond motifs is 1. The highest BCUT2D eigenvalue weighted by Gasteiger charge is 2.42. The van der Waals surface area contributed by atoms with Gasteiger partial charge in [0.25, 0.3) is 5.91 Å². The van der Waals surface area contributed by atoms with Crippen LogP contribution in [0.5, 0.6) is 11.5 Å². The summed E-state index contributed by atoms with van der Waals surface area (Å²) in [7, 11) is 1.64. The van der Waals surface area contributed by atoms with Gasteiger partial charge in [0.1, 0.15) is 5.69 Å². The number of benzene rings is 3. The SMILES string of the molecule is CCCOc1ccc(C2c3c(-c4ccc(C)cc4)n[nH]c3C(=O)N2CCc2ccccc2)cc1OC. The van der Waals surface area contributed by atoms with Gasteiger partial charge in [-0.05, 0) is 43.0 Å². The highest BCUT2D eigenvalue weighted by Crippen LogP contribution is 2.44. The molecule has 0 spiro atoms. The molecule has 4 aromatic rings. The van der Waals surface area contributed by atoms with E-state index in [2.05, 4.69) is 60.4 Å². The van der Waals surface area contributed by atoms with Crippen LogP contribution >= 0.6 is 0 Å². The first-order valence-corrected chi connectivity index (χ1v) is 12.4. The van der Waals surface area contributed by atoms with Crippen molar-refractivity contribution in [1.29, 1.82) is 0 Å². The number of aromatic nitrogens is 2. The van der Waals surface area contributed by atoms with Gasteiger partial charge in [-0.3, -0.25) is 9.89 Å². The van der Waals surface area contributed by atoms with Crippen LogP contribution in [-0.2, 0) is 6.42 Å². The first kappa shape index (κ1) is 23.7. The van der Waals surface area contributed by atoms with E-state index in [9.17, 15) is 4.79 Å². The van der Waals surface area contributed by atoms with Gasteiger partial charge in [-0.1, -0.05) is 73.2 Å². The summed E-state index contributed by atoms with van der Waals surface area (Å²) in [4.78, 5) is 15.6. The Hall–Kier alpha value is -4.06. The third-order valence-electron chi connectivity index (χ3n) is 6.64. The predicted octanol–water partition coefficient (Wildman–Crippen LogP) is 5.97. The maximum Gasteiger partial charge on any atom is 0.273 e. The van der Waals surface area contributed by atoms with Crippen LogP contribution in [0.4, 0.5) is 0 Å². The Bertz CT molecular complexity index is 1350. The van der Waals surface area contributed by atoms with Gasteiger partial charge in [0.15, 0.2) is 11.5 Å². The third kappa shape index (κ3) is 4.47. The number of methoxy groups -OCH3 is 1. The van der Waals surface area contributed by atoms with Crippen molar-refractivity contribution in [3.05, 3.63) is 101 Å². The van der Waals surface area contributed by atoms with Crippen LogP contribution in [0.1, 0.15) is 52.1 Å². The molecule has 184 valence electrons. The summed E-state index contributed by atoms with van der Waals surface area (Å²) in [6.07, 6.45) is 1.67. The van der Waals surface area contributed by atoms with Crippen molar-refractivity contribution < 1.29 is 14.3 Å². The van der Waals surface area contributed by atoms with E-state index >= 15 is 0 Å². The first-order chi connectivity index (χ1) is 17.6. The van der Waals surface area contributed by atoms with Gasteiger partial charge in [-0.15, -0.1) is 0 Å². The standard InChI is InChI=1S/C30H31N3O3/c1-4-18-36-24-15-14-23(19-25(24)35-3)29-26-27(22-12-10-20(2)11-13-22)31-32-28(26)30(34)33(29)17-16-21-8-6-5-7-9-21/h5-15,19,29H,4,16-18H2,1-3H3,(H,31,32). The number of nitrogens with zero attached hydrogens (tertiary/aromatic N) is 2. The normalized spacial score (nSPS) is 14.7. The molecule has 1 unspecified atom stereocenters. The van der Waals surface area contributed by atoms with Gasteiger partial charge in [0.05, 0.1) is 25.5 Å². The van der Waals surface area contributed by atoms with Crippen molar-refractivity contribution in [2.75, 3.05) is 20.3 Å². The maximum absolute atomic E-state index is 13.7. The molecule has 1 atom stereocenters. The number of hydrogen-bond donors (Lipinski definition) is 1. The summed E-state index contributed by atoms with van der Waals surface area (Å²) in [5.41, 5.74) is 6.57. The number of aryl methyl sites for hydroxylation is 1. The van der Waals surface area contributed by atoms with Crippen LogP contribution in [0.15, 0.2) is 72.8 Å². The van der Waals surface area contributed by atoms with Crippen LogP contribution < -0.4 is 9.47 Å². The summed E-state index contributed by atoms with van der Waals surface area (Å²) >= 11 is 0. The van der Waals surface area contributed by atoms with Gasteiger partial charge in [0, 0.05) is 17.7 Å². The molecule has 1 aromatic heterocycles. The summed E-state index contributed by atoms with van der Waals surface area (Å²) in [5.74, 6) is 1.32. The number of ether oxygens (including phenoxy) is 2. The molecule has 1 amide bonds. The summed E-state index contributed by atoms with van der Waals surface area (Å²) < 4.78 is 11.6. The van der Waals surface area contributed by atoms with Gasteiger partial charge in [0.2, 0.25) is 0 Å². The van der Waals surface area contributed by atoms with Crippen LogP contribution in [-0.4, -0.2) is 41.3 Å². The molecule has 0 bridgehead atoms. The fourth-order valence-corrected chi connectivity index (χ4v) is 4.79. The second kappa shape index (κ2) is 10.3. The molecular formula is C30H31N3O3. The summed E-state index contributed by atoms with van der Waals surface area (Å²) in [6.45, 7) is 5.33. The van der Waals surface area contributed by atoms with Crippen molar-refractivity contribution in [2.45, 2.75) is 32.7 Å². The number of hydrogen-bond acceptors (Lipinski definition) is 4. The Morgan fingerprint density at radius 1 is 1.00 bits per heavy atom. The number of nitrogens with one attached hydrogen (secondary N) is 1. The molecule has 1 aliphatic rings. The number of aromatic amines is 1. The zero-order chi connectivity index (χ0) is 25.1. The molecule has 6 heteroatoms. The van der Waals surface area contributed by atoms with Gasteiger partial charge in [-0.2, -0.15) is 5.10 Å². The molecule has 36 heavy (non-hydrogen) atoms. The second-order valence-electron chi connectivity index (χ2n) is 9.12. The smallest absolute Gasteiger partial charge is 0.273 e. The molecule has 0 saturated heterocycles. The Balaban J connectivity index is 1.58. The number of rotatable bonds is 9. The van der Waals surface area contributed by atoms with Gasteiger partial charge < -0.3 is 14.4 Å². The molecule has 0 saturated carbocycles. The molecule has 1 N–H and O–H groups in total. The molecule has 1 aliphatic heterocycles. The lowest BCUT2D eigenvalue weighted by Crippen LogP contribution is -2.31. The van der Waals surface area contributed by atoms with Crippen molar-refractivity contribution in [1.82, 2.24) is 15.1 Å². The molecule has 3 aromatic carbocycles. The lowest BCUT2D eigenvalue weighted by Gasteiger charge is -2.27. The summed E-state index contributed by atoms with van der Waals surface area (Å²) in [5, 5.41) is 7.64. The number of H-pyrrole nitrogens is 1. The number of carbonyl (C=O) groups excluding carboxylic acids is 1. The third-order valence-corrected chi connectivity index (χ3v) is 6.64. The molecule has 6 nitrogen and oxygen atoms in total. The van der Waals surface area contributed by atoms with E-state index < -0.39 is 0 Å². The Morgan fingerprint density at radius 3 is 2.50 bits per heavy atom. The van der Waals surface area contributed by atoms with E-state index in [0.29, 0.717) is 30.3 Å². The van der Waals surface area contributed by atoms with Crippen LogP contribution in [0.3, 0.4) is 0 Å². The first-order valence-electron chi connectivity index (χ1n) is 12.4. The van der Waals surface area contributed by atoms with E-state index in [4.69, 9.17) is 9.47 Å². The summed E-state index contributed by atoms with van der Waals surface area (Å²) in [6, 6.07) is 24.2. The monoisotopic (exact) mass is 481 g/mol. The fraction of sp³-hybridized carbons (Fsp3) is 0.267. The van der Waals surface area contributed by atoms with Crippen LogP contribution in [0.2, 0.25) is 0 Å². The molecule has 2 heterocycles. The second-order valence-corrected chi connectivity index (χ2v) is 9.12. The minimum Gasteiger partial charge on any atom is -0.493 e. The maximum atomic E-state index is 13.7. The predicted molar refractivity (Wildman–Crippen MR) is 141 cm³/mol. The lowest BCUT2D eigenvalue weighted by atomic mass is 9.95. The van der Waals surface area contributed by atoms with E-state index in [1.54, 1.807) is 7.11 Å². The van der Waals surface area contributed by atoms with Crippen molar-refractivity contribution >= 4 is 5.91 Å².